The van der Waals surface area contributed by atoms with Crippen LogP contribution in [0.15, 0.2) is 18.2 Å². The second-order valence-electron chi connectivity index (χ2n) is 5.83. The van der Waals surface area contributed by atoms with E-state index in [1.807, 2.05) is 13.8 Å². The molecule has 1 amide bonds. The first-order valence-corrected chi connectivity index (χ1v) is 7.22. The van der Waals surface area contributed by atoms with Crippen molar-refractivity contribution in [2.75, 3.05) is 6.61 Å². The predicted octanol–water partition coefficient (Wildman–Crippen LogP) is 2.54. The van der Waals surface area contributed by atoms with Crippen LogP contribution in [0, 0.1) is 12.7 Å². The lowest BCUT2D eigenvalue weighted by Gasteiger charge is -2.29. The van der Waals surface area contributed by atoms with Gasteiger partial charge in [0.15, 0.2) is 11.6 Å². The van der Waals surface area contributed by atoms with Gasteiger partial charge in [-0.3, -0.25) is 4.79 Å². The van der Waals surface area contributed by atoms with Crippen LogP contribution in [0.4, 0.5) is 4.39 Å². The number of halogens is 1. The summed E-state index contributed by atoms with van der Waals surface area (Å²) in [5.74, 6) is -0.485. The highest BCUT2D eigenvalue weighted by Crippen LogP contribution is 2.20. The summed E-state index contributed by atoms with van der Waals surface area (Å²) in [5.41, 5.74) is 5.23. The molecule has 0 saturated carbocycles. The normalized spacial score (nSPS) is 14.0. The number of ether oxygens (including phenoxy) is 1. The number of carbonyl (C=O) groups is 1. The monoisotopic (exact) mass is 296 g/mol. The van der Waals surface area contributed by atoms with Gasteiger partial charge in [0.2, 0.25) is 5.91 Å². The first kappa shape index (κ1) is 17.4. The molecule has 0 heterocycles. The number of primary amides is 1. The van der Waals surface area contributed by atoms with Crippen LogP contribution >= 0.6 is 0 Å². The largest absolute Gasteiger partial charge is 0.491 e. The average molecular weight is 296 g/mol. The summed E-state index contributed by atoms with van der Waals surface area (Å²) in [6.07, 6.45) is 1.14. The van der Waals surface area contributed by atoms with Crippen LogP contribution in [0.25, 0.3) is 0 Å². The summed E-state index contributed by atoms with van der Waals surface area (Å²) < 4.78 is 19.2. The molecule has 1 aromatic carbocycles. The second-order valence-corrected chi connectivity index (χ2v) is 5.83. The smallest absolute Gasteiger partial charge is 0.237 e. The molecule has 0 radical (unpaired) electrons. The van der Waals surface area contributed by atoms with Gasteiger partial charge in [-0.1, -0.05) is 12.1 Å². The minimum atomic E-state index is -0.775. The van der Waals surface area contributed by atoms with Crippen LogP contribution in [0.1, 0.15) is 39.2 Å². The third-order valence-electron chi connectivity index (χ3n) is 3.39. The molecule has 0 spiro atoms. The molecule has 0 aliphatic heterocycles. The summed E-state index contributed by atoms with van der Waals surface area (Å²) in [5, 5.41) is 3.17. The lowest BCUT2D eigenvalue weighted by Crippen LogP contribution is -2.55. The highest BCUT2D eigenvalue weighted by molar-refractivity contribution is 5.84. The van der Waals surface area contributed by atoms with E-state index < -0.39 is 11.4 Å². The molecule has 118 valence electrons. The fourth-order valence-corrected chi connectivity index (χ4v) is 2.24. The molecule has 1 aromatic rings. The standard InChI is InChI=1S/C16H25FN2O2/c1-11(2)19-16(4,15(18)20)9-6-10-21-13-8-5-7-12(3)14(13)17/h5,7-8,11,19H,6,9-10H2,1-4H3,(H2,18,20). The summed E-state index contributed by atoms with van der Waals surface area (Å²) in [6, 6.07) is 5.19. The number of hydrogen-bond donors (Lipinski definition) is 2. The van der Waals surface area contributed by atoms with E-state index in [9.17, 15) is 9.18 Å². The third-order valence-corrected chi connectivity index (χ3v) is 3.39. The van der Waals surface area contributed by atoms with Gasteiger partial charge in [-0.2, -0.15) is 0 Å². The maximum absolute atomic E-state index is 13.8. The van der Waals surface area contributed by atoms with Gasteiger partial charge < -0.3 is 15.8 Å². The Kier molecular flexibility index (Phi) is 6.15. The number of amides is 1. The van der Waals surface area contributed by atoms with Crippen LogP contribution in [-0.4, -0.2) is 24.1 Å². The van der Waals surface area contributed by atoms with E-state index in [2.05, 4.69) is 5.32 Å². The van der Waals surface area contributed by atoms with Crippen molar-refractivity contribution >= 4 is 5.91 Å². The van der Waals surface area contributed by atoms with Gasteiger partial charge in [-0.15, -0.1) is 0 Å². The first-order chi connectivity index (χ1) is 9.76. The molecule has 0 aliphatic carbocycles. The van der Waals surface area contributed by atoms with Gasteiger partial charge in [-0.25, -0.2) is 4.39 Å². The fourth-order valence-electron chi connectivity index (χ4n) is 2.24. The zero-order valence-electron chi connectivity index (χ0n) is 13.2. The Bertz CT molecular complexity index is 491. The van der Waals surface area contributed by atoms with Gasteiger partial charge in [0, 0.05) is 6.04 Å². The Morgan fingerprint density at radius 3 is 2.71 bits per heavy atom. The van der Waals surface area contributed by atoms with E-state index in [0.717, 1.165) is 0 Å². The van der Waals surface area contributed by atoms with E-state index in [1.165, 1.54) is 0 Å². The topological polar surface area (TPSA) is 64.3 Å². The minimum Gasteiger partial charge on any atom is -0.491 e. The van der Waals surface area contributed by atoms with Crippen molar-refractivity contribution in [3.63, 3.8) is 0 Å². The Balaban J connectivity index is 2.52. The number of nitrogens with two attached hydrogens (primary N) is 1. The molecule has 0 aromatic heterocycles. The van der Waals surface area contributed by atoms with Gasteiger partial charge >= 0.3 is 0 Å². The molecule has 0 aliphatic rings. The molecule has 0 bridgehead atoms. The van der Waals surface area contributed by atoms with Crippen LogP contribution in [-0.2, 0) is 4.79 Å². The van der Waals surface area contributed by atoms with Crippen molar-refractivity contribution in [2.45, 2.75) is 52.1 Å². The maximum atomic E-state index is 13.8. The third kappa shape index (κ3) is 5.01. The Hall–Kier alpha value is -1.62. The lowest BCUT2D eigenvalue weighted by molar-refractivity contribution is -0.124. The fraction of sp³-hybridized carbons (Fsp3) is 0.562. The van der Waals surface area contributed by atoms with E-state index in [-0.39, 0.29) is 17.6 Å². The Morgan fingerprint density at radius 2 is 2.14 bits per heavy atom. The van der Waals surface area contributed by atoms with E-state index in [4.69, 9.17) is 10.5 Å². The summed E-state index contributed by atoms with van der Waals surface area (Å²) in [4.78, 5) is 11.6. The number of nitrogens with one attached hydrogen (secondary N) is 1. The molecular formula is C16H25FN2O2. The quantitative estimate of drug-likeness (QED) is 0.725. The van der Waals surface area contributed by atoms with Crippen molar-refractivity contribution < 1.29 is 13.9 Å². The molecule has 21 heavy (non-hydrogen) atoms. The van der Waals surface area contributed by atoms with Crippen molar-refractivity contribution in [3.05, 3.63) is 29.6 Å². The Morgan fingerprint density at radius 1 is 1.48 bits per heavy atom. The van der Waals surface area contributed by atoms with Crippen LogP contribution in [0.2, 0.25) is 0 Å². The van der Waals surface area contributed by atoms with Crippen molar-refractivity contribution in [2.24, 2.45) is 5.73 Å². The van der Waals surface area contributed by atoms with Crippen LogP contribution < -0.4 is 15.8 Å². The molecule has 3 N–H and O–H groups in total. The highest BCUT2D eigenvalue weighted by Gasteiger charge is 2.30. The molecule has 4 nitrogen and oxygen atoms in total. The van der Waals surface area contributed by atoms with Crippen LogP contribution in [0.3, 0.4) is 0 Å². The van der Waals surface area contributed by atoms with E-state index in [0.29, 0.717) is 25.0 Å². The summed E-state index contributed by atoms with van der Waals surface area (Å²) in [6.45, 7) is 7.73. The van der Waals surface area contributed by atoms with Crippen molar-refractivity contribution in [1.82, 2.24) is 5.32 Å². The van der Waals surface area contributed by atoms with Gasteiger partial charge in [0.05, 0.1) is 12.1 Å². The van der Waals surface area contributed by atoms with Gasteiger partial charge in [-0.05, 0) is 52.2 Å². The maximum Gasteiger partial charge on any atom is 0.237 e. The molecule has 1 atom stereocenters. The highest BCUT2D eigenvalue weighted by atomic mass is 19.1. The number of hydrogen-bond acceptors (Lipinski definition) is 3. The average Bonchev–Trinajstić information content (AvgIpc) is 2.38. The van der Waals surface area contributed by atoms with Crippen molar-refractivity contribution in [1.29, 1.82) is 0 Å². The molecule has 5 heteroatoms. The zero-order chi connectivity index (χ0) is 16.0. The molecule has 1 unspecified atom stereocenters. The van der Waals surface area contributed by atoms with Crippen LogP contribution in [0.5, 0.6) is 5.75 Å². The molecule has 0 fully saturated rings. The second kappa shape index (κ2) is 7.41. The van der Waals surface area contributed by atoms with Crippen molar-refractivity contribution in [3.8, 4) is 5.75 Å². The molecular weight excluding hydrogens is 271 g/mol. The van der Waals surface area contributed by atoms with E-state index >= 15 is 0 Å². The number of aryl methyl sites for hydroxylation is 1. The zero-order valence-corrected chi connectivity index (χ0v) is 13.2. The lowest BCUT2D eigenvalue weighted by atomic mass is 9.94. The molecule has 0 saturated heterocycles. The summed E-state index contributed by atoms with van der Waals surface area (Å²) in [7, 11) is 0. The predicted molar refractivity (Wildman–Crippen MR) is 81.7 cm³/mol. The number of benzene rings is 1. The first-order valence-electron chi connectivity index (χ1n) is 7.22. The Labute approximate surface area is 125 Å². The summed E-state index contributed by atoms with van der Waals surface area (Å²) >= 11 is 0. The number of carbonyl (C=O) groups excluding carboxylic acids is 1. The number of rotatable bonds is 8. The van der Waals surface area contributed by atoms with Gasteiger partial charge in [0.25, 0.3) is 0 Å². The molecule has 1 rings (SSSR count). The minimum absolute atomic E-state index is 0.151. The SMILES string of the molecule is Cc1cccc(OCCCC(C)(NC(C)C)C(N)=O)c1F. The van der Waals surface area contributed by atoms with Gasteiger partial charge in [0.1, 0.15) is 0 Å². The van der Waals surface area contributed by atoms with E-state index in [1.54, 1.807) is 32.0 Å².